The zero-order valence-electron chi connectivity index (χ0n) is 9.41. The fourth-order valence-electron chi connectivity index (χ4n) is 2.02. The number of carbonyl (C=O) groups is 1. The fourth-order valence-corrected chi connectivity index (χ4v) is 2.66. The molecule has 1 fully saturated rings. The molecule has 90 valence electrons. The summed E-state index contributed by atoms with van der Waals surface area (Å²) in [4.78, 5) is 17.5. The molecule has 1 amide bonds. The lowest BCUT2D eigenvalue weighted by Gasteiger charge is -2.19. The van der Waals surface area contributed by atoms with Gasteiger partial charge in [-0.1, -0.05) is 29.3 Å². The lowest BCUT2D eigenvalue weighted by atomic mass is 10.1. The number of carbonyl (C=O) groups excluding carboxylic acids is 1. The van der Waals surface area contributed by atoms with Crippen molar-refractivity contribution >= 4 is 34.8 Å². The molecule has 0 spiro atoms. The standard InChI is InChI=1S/C12H12Cl2N2O/c1-3-8-5-10(17)16(6-8)11-7(2)4-9(13)15-12(11)14/h3-4,8H,1,5-6H2,2H3. The van der Waals surface area contributed by atoms with Gasteiger partial charge in [-0.05, 0) is 18.6 Å². The predicted molar refractivity (Wildman–Crippen MR) is 69.7 cm³/mol. The van der Waals surface area contributed by atoms with E-state index in [1.54, 1.807) is 17.0 Å². The summed E-state index contributed by atoms with van der Waals surface area (Å²) >= 11 is 11.9. The highest BCUT2D eigenvalue weighted by molar-refractivity contribution is 6.35. The highest BCUT2D eigenvalue weighted by atomic mass is 35.5. The Kier molecular flexibility index (Phi) is 3.40. The van der Waals surface area contributed by atoms with E-state index in [0.29, 0.717) is 23.8 Å². The molecule has 17 heavy (non-hydrogen) atoms. The Bertz CT molecular complexity index is 464. The third kappa shape index (κ3) is 2.31. The van der Waals surface area contributed by atoms with Gasteiger partial charge < -0.3 is 4.90 Å². The van der Waals surface area contributed by atoms with Crippen LogP contribution < -0.4 is 4.90 Å². The van der Waals surface area contributed by atoms with Gasteiger partial charge in [0, 0.05) is 18.9 Å². The molecule has 0 bridgehead atoms. The van der Waals surface area contributed by atoms with Crippen LogP contribution in [0.25, 0.3) is 0 Å². The zero-order valence-corrected chi connectivity index (χ0v) is 10.9. The smallest absolute Gasteiger partial charge is 0.227 e. The first kappa shape index (κ1) is 12.4. The number of aryl methyl sites for hydroxylation is 1. The lowest BCUT2D eigenvalue weighted by Crippen LogP contribution is -2.25. The number of amides is 1. The molecule has 1 aliphatic rings. The van der Waals surface area contributed by atoms with Crippen molar-refractivity contribution in [2.75, 3.05) is 11.4 Å². The Balaban J connectivity index is 2.41. The number of aromatic nitrogens is 1. The Morgan fingerprint density at radius 1 is 1.59 bits per heavy atom. The summed E-state index contributed by atoms with van der Waals surface area (Å²) in [5, 5.41) is 0.608. The van der Waals surface area contributed by atoms with Crippen molar-refractivity contribution in [2.24, 2.45) is 5.92 Å². The van der Waals surface area contributed by atoms with Crippen LogP contribution in [-0.2, 0) is 4.79 Å². The van der Waals surface area contributed by atoms with Gasteiger partial charge >= 0.3 is 0 Å². The lowest BCUT2D eigenvalue weighted by molar-refractivity contribution is -0.117. The van der Waals surface area contributed by atoms with Crippen LogP contribution in [0.2, 0.25) is 10.3 Å². The maximum atomic E-state index is 11.9. The number of rotatable bonds is 2. The minimum Gasteiger partial charge on any atom is -0.309 e. The van der Waals surface area contributed by atoms with Gasteiger partial charge in [-0.3, -0.25) is 4.79 Å². The van der Waals surface area contributed by atoms with Gasteiger partial charge in [-0.25, -0.2) is 4.98 Å². The summed E-state index contributed by atoms with van der Waals surface area (Å²) in [7, 11) is 0. The molecular weight excluding hydrogens is 259 g/mol. The number of hydrogen-bond donors (Lipinski definition) is 0. The van der Waals surface area contributed by atoms with Gasteiger partial charge in [0.2, 0.25) is 5.91 Å². The van der Waals surface area contributed by atoms with E-state index in [2.05, 4.69) is 11.6 Å². The molecule has 0 aromatic carbocycles. The van der Waals surface area contributed by atoms with Crippen molar-refractivity contribution in [3.63, 3.8) is 0 Å². The minimum absolute atomic E-state index is 0.0454. The molecule has 3 nitrogen and oxygen atoms in total. The first-order valence-electron chi connectivity index (χ1n) is 5.28. The SMILES string of the molecule is C=CC1CC(=O)N(c2c(C)cc(Cl)nc2Cl)C1. The molecule has 2 heterocycles. The average Bonchev–Trinajstić information content (AvgIpc) is 2.59. The van der Waals surface area contributed by atoms with E-state index in [0.717, 1.165) is 5.56 Å². The number of nitrogens with zero attached hydrogens (tertiary/aromatic N) is 2. The second-order valence-electron chi connectivity index (χ2n) is 4.11. The van der Waals surface area contributed by atoms with Gasteiger partial charge in [0.05, 0.1) is 5.69 Å². The second-order valence-corrected chi connectivity index (χ2v) is 4.85. The average molecular weight is 271 g/mol. The quantitative estimate of drug-likeness (QED) is 0.611. The zero-order chi connectivity index (χ0) is 12.6. The Morgan fingerprint density at radius 3 is 2.82 bits per heavy atom. The van der Waals surface area contributed by atoms with E-state index >= 15 is 0 Å². The molecule has 1 saturated heterocycles. The van der Waals surface area contributed by atoms with Crippen molar-refractivity contribution in [3.05, 3.63) is 34.6 Å². The fraction of sp³-hybridized carbons (Fsp3) is 0.333. The number of hydrogen-bond acceptors (Lipinski definition) is 2. The van der Waals surface area contributed by atoms with Crippen LogP contribution in [0.15, 0.2) is 18.7 Å². The maximum absolute atomic E-state index is 11.9. The maximum Gasteiger partial charge on any atom is 0.227 e. The molecule has 2 rings (SSSR count). The number of halogens is 2. The van der Waals surface area contributed by atoms with E-state index in [1.165, 1.54) is 0 Å². The first-order valence-corrected chi connectivity index (χ1v) is 6.04. The predicted octanol–water partition coefficient (Wildman–Crippen LogP) is 3.24. The van der Waals surface area contributed by atoms with E-state index < -0.39 is 0 Å². The topological polar surface area (TPSA) is 33.2 Å². The van der Waals surface area contributed by atoms with Crippen LogP contribution in [0.4, 0.5) is 5.69 Å². The third-order valence-electron chi connectivity index (χ3n) is 2.87. The Hall–Kier alpha value is -1.06. The van der Waals surface area contributed by atoms with Gasteiger partial charge in [-0.15, -0.1) is 6.58 Å². The van der Waals surface area contributed by atoms with Crippen LogP contribution in [-0.4, -0.2) is 17.4 Å². The Morgan fingerprint density at radius 2 is 2.29 bits per heavy atom. The van der Waals surface area contributed by atoms with Crippen LogP contribution in [0, 0.1) is 12.8 Å². The minimum atomic E-state index is 0.0454. The van der Waals surface area contributed by atoms with Crippen LogP contribution in [0.1, 0.15) is 12.0 Å². The summed E-state index contributed by atoms with van der Waals surface area (Å²) in [5.41, 5.74) is 1.51. The Labute approximate surface area is 110 Å². The molecule has 5 heteroatoms. The summed E-state index contributed by atoms with van der Waals surface area (Å²) in [5.74, 6) is 0.220. The molecule has 0 N–H and O–H groups in total. The van der Waals surface area contributed by atoms with Gasteiger partial charge in [0.25, 0.3) is 0 Å². The molecule has 1 aliphatic heterocycles. The molecule has 0 saturated carbocycles. The van der Waals surface area contributed by atoms with E-state index in [9.17, 15) is 4.79 Å². The largest absolute Gasteiger partial charge is 0.309 e. The molecule has 0 radical (unpaired) electrons. The normalized spacial score (nSPS) is 19.8. The summed E-state index contributed by atoms with van der Waals surface area (Å²) in [6, 6.07) is 1.71. The highest BCUT2D eigenvalue weighted by Crippen LogP contribution is 2.34. The number of anilines is 1. The molecule has 1 aromatic rings. The molecule has 1 atom stereocenters. The summed E-state index contributed by atoms with van der Waals surface area (Å²) in [6.45, 7) is 6.18. The molecule has 0 aliphatic carbocycles. The van der Waals surface area contributed by atoms with Crippen molar-refractivity contribution < 1.29 is 4.79 Å². The van der Waals surface area contributed by atoms with Crippen molar-refractivity contribution in [1.29, 1.82) is 0 Å². The monoisotopic (exact) mass is 270 g/mol. The van der Waals surface area contributed by atoms with E-state index in [4.69, 9.17) is 23.2 Å². The van der Waals surface area contributed by atoms with Crippen LogP contribution >= 0.6 is 23.2 Å². The molecule has 1 unspecified atom stereocenters. The van der Waals surface area contributed by atoms with Crippen molar-refractivity contribution in [3.8, 4) is 0 Å². The highest BCUT2D eigenvalue weighted by Gasteiger charge is 2.31. The second kappa shape index (κ2) is 4.67. The van der Waals surface area contributed by atoms with E-state index in [-0.39, 0.29) is 17.0 Å². The first-order chi connectivity index (χ1) is 8.02. The van der Waals surface area contributed by atoms with Crippen LogP contribution in [0.5, 0.6) is 0 Å². The van der Waals surface area contributed by atoms with Crippen LogP contribution in [0.3, 0.4) is 0 Å². The van der Waals surface area contributed by atoms with Gasteiger partial charge in [0.1, 0.15) is 5.15 Å². The summed E-state index contributed by atoms with van der Waals surface area (Å²) in [6.07, 6.45) is 2.27. The molecule has 1 aromatic heterocycles. The summed E-state index contributed by atoms with van der Waals surface area (Å²) < 4.78 is 0. The number of pyridine rings is 1. The third-order valence-corrected chi connectivity index (χ3v) is 3.32. The van der Waals surface area contributed by atoms with Gasteiger partial charge in [-0.2, -0.15) is 0 Å². The van der Waals surface area contributed by atoms with Gasteiger partial charge in [0.15, 0.2) is 5.15 Å². The van der Waals surface area contributed by atoms with E-state index in [1.807, 2.05) is 6.92 Å². The van der Waals surface area contributed by atoms with Crippen molar-refractivity contribution in [1.82, 2.24) is 4.98 Å². The van der Waals surface area contributed by atoms with Crippen molar-refractivity contribution in [2.45, 2.75) is 13.3 Å². The molecular formula is C12H12Cl2N2O.